The van der Waals surface area contributed by atoms with Gasteiger partial charge in [-0.25, -0.2) is 0 Å². The first-order chi connectivity index (χ1) is 8.74. The zero-order valence-corrected chi connectivity index (χ0v) is 9.16. The first-order valence-corrected chi connectivity index (χ1v) is 5.25. The lowest BCUT2D eigenvalue weighted by atomic mass is 10.2. The highest BCUT2D eigenvalue weighted by Crippen LogP contribution is 2.20. The highest BCUT2D eigenvalue weighted by molar-refractivity contribution is 6.10. The maximum atomic E-state index is 11.4. The third-order valence-electron chi connectivity index (χ3n) is 2.44. The van der Waals surface area contributed by atoms with E-state index in [0.29, 0.717) is 5.82 Å². The highest BCUT2D eigenvalue weighted by Gasteiger charge is 2.32. The van der Waals surface area contributed by atoms with Crippen molar-refractivity contribution in [2.24, 2.45) is 0 Å². The van der Waals surface area contributed by atoms with Crippen LogP contribution < -0.4 is 10.4 Å². The van der Waals surface area contributed by atoms with Crippen LogP contribution in [0.1, 0.15) is 6.42 Å². The maximum absolute atomic E-state index is 11.4. The van der Waals surface area contributed by atoms with Crippen LogP contribution in [0.25, 0.3) is 11.4 Å². The summed E-state index contributed by atoms with van der Waals surface area (Å²) in [6.45, 7) is 0. The smallest absolute Gasteiger partial charge is 0.313 e. The number of aromatic nitrogens is 2. The van der Waals surface area contributed by atoms with Gasteiger partial charge in [0.1, 0.15) is 6.42 Å². The Morgan fingerprint density at radius 3 is 2.67 bits per heavy atom. The molecule has 90 valence electrons. The van der Waals surface area contributed by atoms with E-state index >= 15 is 0 Å². The van der Waals surface area contributed by atoms with Crippen LogP contribution >= 0.6 is 0 Å². The van der Waals surface area contributed by atoms with E-state index in [1.807, 2.05) is 30.3 Å². The lowest BCUT2D eigenvalue weighted by molar-refractivity contribution is -0.122. The zero-order chi connectivity index (χ0) is 12.5. The van der Waals surface area contributed by atoms with Crippen molar-refractivity contribution in [1.29, 1.82) is 0 Å². The van der Waals surface area contributed by atoms with Gasteiger partial charge < -0.3 is 4.52 Å². The quantitative estimate of drug-likeness (QED) is 0.777. The van der Waals surface area contributed by atoms with Crippen molar-refractivity contribution in [2.75, 3.05) is 5.01 Å². The molecule has 0 atom stereocenters. The fourth-order valence-corrected chi connectivity index (χ4v) is 1.61. The van der Waals surface area contributed by atoms with Crippen LogP contribution in [-0.4, -0.2) is 22.0 Å². The lowest BCUT2D eigenvalue weighted by Crippen LogP contribution is -2.36. The number of nitrogens with one attached hydrogen (secondary N) is 1. The molecule has 1 aliphatic heterocycles. The maximum Gasteiger partial charge on any atom is 0.350 e. The van der Waals surface area contributed by atoms with Crippen LogP contribution in [0.5, 0.6) is 0 Å². The summed E-state index contributed by atoms with van der Waals surface area (Å²) in [5, 5.41) is 4.72. The Labute approximate surface area is 101 Å². The highest BCUT2D eigenvalue weighted by atomic mass is 16.5. The van der Waals surface area contributed by atoms with Crippen molar-refractivity contribution in [2.45, 2.75) is 6.42 Å². The lowest BCUT2D eigenvalue weighted by Gasteiger charge is -2.07. The van der Waals surface area contributed by atoms with Crippen LogP contribution in [0, 0.1) is 0 Å². The summed E-state index contributed by atoms with van der Waals surface area (Å²) in [5.41, 5.74) is 3.10. The average molecular weight is 244 g/mol. The first kappa shape index (κ1) is 10.5. The van der Waals surface area contributed by atoms with Crippen LogP contribution in [-0.2, 0) is 9.59 Å². The van der Waals surface area contributed by atoms with Gasteiger partial charge in [0.15, 0.2) is 0 Å². The Kier molecular flexibility index (Phi) is 2.30. The molecule has 7 heteroatoms. The summed E-state index contributed by atoms with van der Waals surface area (Å²) in [4.78, 5) is 26.6. The summed E-state index contributed by atoms with van der Waals surface area (Å²) >= 11 is 0. The van der Waals surface area contributed by atoms with E-state index in [0.717, 1.165) is 10.6 Å². The fraction of sp³-hybridized carbons (Fsp3) is 0.0909. The van der Waals surface area contributed by atoms with Crippen LogP contribution in [0.3, 0.4) is 0 Å². The second-order valence-corrected chi connectivity index (χ2v) is 3.71. The molecular weight excluding hydrogens is 236 g/mol. The first-order valence-electron chi connectivity index (χ1n) is 5.25. The third-order valence-corrected chi connectivity index (χ3v) is 2.44. The number of carbonyl (C=O) groups excluding carboxylic acids is 2. The molecule has 3 rings (SSSR count). The molecule has 0 bridgehead atoms. The van der Waals surface area contributed by atoms with Gasteiger partial charge >= 0.3 is 6.01 Å². The number of rotatable bonds is 2. The fourth-order valence-electron chi connectivity index (χ4n) is 1.61. The van der Waals surface area contributed by atoms with Crippen LogP contribution in [0.15, 0.2) is 34.9 Å². The van der Waals surface area contributed by atoms with E-state index in [1.54, 1.807) is 0 Å². The molecule has 2 amide bonds. The number of benzene rings is 1. The minimum atomic E-state index is -0.414. The van der Waals surface area contributed by atoms with Gasteiger partial charge in [0, 0.05) is 5.56 Å². The Bertz CT molecular complexity index is 608. The van der Waals surface area contributed by atoms with Gasteiger partial charge in [-0.1, -0.05) is 35.5 Å². The Hall–Kier alpha value is -2.70. The predicted octanol–water partition coefficient (Wildman–Crippen LogP) is 0.504. The Morgan fingerprint density at radius 2 is 2.00 bits per heavy atom. The molecule has 1 fully saturated rings. The number of anilines is 1. The molecule has 1 saturated heterocycles. The SMILES string of the molecule is O=C1CC(=O)N(c2nc(-c3ccccc3)no2)N1. The van der Waals surface area contributed by atoms with Gasteiger partial charge in [0.25, 0.3) is 5.91 Å². The standard InChI is InChI=1S/C11H8N4O3/c16-8-6-9(17)15(13-8)11-12-10(14-18-11)7-4-2-1-3-5-7/h1-5H,6H2,(H,13,16). The largest absolute Gasteiger partial charge is 0.350 e. The van der Waals surface area contributed by atoms with Gasteiger partial charge in [-0.2, -0.15) is 9.99 Å². The zero-order valence-electron chi connectivity index (χ0n) is 9.16. The number of hydrogen-bond donors (Lipinski definition) is 1. The van der Waals surface area contributed by atoms with Crippen LogP contribution in [0.4, 0.5) is 6.01 Å². The number of nitrogens with zero attached hydrogens (tertiary/aromatic N) is 3. The summed E-state index contributed by atoms with van der Waals surface area (Å²) in [7, 11) is 0. The molecule has 0 saturated carbocycles. The molecular formula is C11H8N4O3. The van der Waals surface area contributed by atoms with Gasteiger partial charge in [-0.3, -0.25) is 15.0 Å². The molecule has 1 N–H and O–H groups in total. The number of carbonyl (C=O) groups is 2. The number of amides is 2. The van der Waals surface area contributed by atoms with Crippen molar-refractivity contribution in [3.8, 4) is 11.4 Å². The molecule has 1 aromatic carbocycles. The van der Waals surface area contributed by atoms with Gasteiger partial charge in [-0.05, 0) is 0 Å². The minimum absolute atomic E-state index is 0.0373. The predicted molar refractivity (Wildman–Crippen MR) is 60.0 cm³/mol. The second kappa shape index (κ2) is 3.95. The van der Waals surface area contributed by atoms with E-state index in [4.69, 9.17) is 4.52 Å². The molecule has 1 aromatic heterocycles. The normalized spacial score (nSPS) is 15.0. The molecule has 2 aromatic rings. The summed E-state index contributed by atoms with van der Waals surface area (Å²) in [6.07, 6.45) is -0.205. The molecule has 18 heavy (non-hydrogen) atoms. The molecule has 0 unspecified atom stereocenters. The van der Waals surface area contributed by atoms with E-state index < -0.39 is 5.91 Å². The van der Waals surface area contributed by atoms with E-state index in [1.165, 1.54) is 0 Å². The molecule has 0 radical (unpaired) electrons. The minimum Gasteiger partial charge on any atom is -0.313 e. The third kappa shape index (κ3) is 1.71. The van der Waals surface area contributed by atoms with Gasteiger partial charge in [0.2, 0.25) is 11.7 Å². The topological polar surface area (TPSA) is 88.3 Å². The molecule has 2 heterocycles. The molecule has 0 spiro atoms. The second-order valence-electron chi connectivity index (χ2n) is 3.71. The summed E-state index contributed by atoms with van der Waals surface area (Å²) in [5.74, 6) is -0.442. The van der Waals surface area contributed by atoms with Crippen molar-refractivity contribution in [3.63, 3.8) is 0 Å². The number of hydrogen-bond acceptors (Lipinski definition) is 5. The summed E-state index contributed by atoms with van der Waals surface area (Å²) in [6, 6.07) is 9.15. The Balaban J connectivity index is 1.91. The van der Waals surface area contributed by atoms with Crippen molar-refractivity contribution < 1.29 is 14.1 Å². The van der Waals surface area contributed by atoms with E-state index in [9.17, 15) is 9.59 Å². The molecule has 1 aliphatic rings. The van der Waals surface area contributed by atoms with E-state index in [-0.39, 0.29) is 18.3 Å². The van der Waals surface area contributed by atoms with Gasteiger partial charge in [0.05, 0.1) is 0 Å². The summed E-state index contributed by atoms with van der Waals surface area (Å²) < 4.78 is 4.95. The molecule has 0 aliphatic carbocycles. The van der Waals surface area contributed by atoms with Gasteiger partial charge in [-0.15, -0.1) is 0 Å². The van der Waals surface area contributed by atoms with E-state index in [2.05, 4.69) is 15.6 Å². The van der Waals surface area contributed by atoms with Crippen molar-refractivity contribution in [3.05, 3.63) is 30.3 Å². The van der Waals surface area contributed by atoms with Crippen molar-refractivity contribution in [1.82, 2.24) is 15.6 Å². The number of hydrazine groups is 1. The average Bonchev–Trinajstić information content (AvgIpc) is 2.97. The van der Waals surface area contributed by atoms with Crippen LogP contribution in [0.2, 0.25) is 0 Å². The Morgan fingerprint density at radius 1 is 1.22 bits per heavy atom. The monoisotopic (exact) mass is 244 g/mol. The van der Waals surface area contributed by atoms with Crippen molar-refractivity contribution >= 4 is 17.8 Å². The molecule has 7 nitrogen and oxygen atoms in total.